The van der Waals surface area contributed by atoms with E-state index in [0.29, 0.717) is 13.0 Å². The zero-order valence-corrected chi connectivity index (χ0v) is 13.3. The van der Waals surface area contributed by atoms with Crippen LogP contribution in [0.25, 0.3) is 0 Å². The van der Waals surface area contributed by atoms with Crippen molar-refractivity contribution in [3.05, 3.63) is 24.3 Å². The fourth-order valence-electron chi connectivity index (χ4n) is 2.01. The molecular formula is C16H26N2O3. The van der Waals surface area contributed by atoms with Crippen LogP contribution in [0.3, 0.4) is 0 Å². The summed E-state index contributed by atoms with van der Waals surface area (Å²) in [5.41, 5.74) is 0.796. The van der Waals surface area contributed by atoms with Gasteiger partial charge in [-0.2, -0.15) is 0 Å². The van der Waals surface area contributed by atoms with Crippen LogP contribution in [-0.2, 0) is 4.79 Å². The van der Waals surface area contributed by atoms with Crippen LogP contribution in [0, 0.1) is 5.41 Å². The van der Waals surface area contributed by atoms with Crippen LogP contribution in [0.2, 0.25) is 0 Å². The van der Waals surface area contributed by atoms with Gasteiger partial charge in [-0.05, 0) is 36.1 Å². The van der Waals surface area contributed by atoms with Crippen LogP contribution in [0.5, 0.6) is 5.75 Å². The summed E-state index contributed by atoms with van der Waals surface area (Å²) in [5, 5.41) is 15.6. The Kier molecular flexibility index (Phi) is 6.65. The molecule has 0 bridgehead atoms. The zero-order chi connectivity index (χ0) is 15.9. The first-order chi connectivity index (χ1) is 9.80. The maximum absolute atomic E-state index is 11.7. The van der Waals surface area contributed by atoms with E-state index in [1.807, 2.05) is 0 Å². The molecule has 0 aliphatic carbocycles. The number of amides is 1. The van der Waals surface area contributed by atoms with Crippen molar-refractivity contribution < 1.29 is 14.6 Å². The first-order valence-corrected chi connectivity index (χ1v) is 7.13. The Bertz CT molecular complexity index is 438. The molecule has 0 aromatic heterocycles. The Morgan fingerprint density at radius 2 is 1.90 bits per heavy atom. The highest BCUT2D eigenvalue weighted by atomic mass is 16.5. The maximum Gasteiger partial charge on any atom is 0.238 e. The Morgan fingerprint density at radius 3 is 2.43 bits per heavy atom. The summed E-state index contributed by atoms with van der Waals surface area (Å²) in [6.07, 6.45) is 0.249. The molecule has 0 fully saturated rings. The number of nitrogens with one attached hydrogen (secondary N) is 2. The molecule has 0 aliphatic rings. The van der Waals surface area contributed by atoms with Crippen molar-refractivity contribution >= 4 is 11.6 Å². The van der Waals surface area contributed by atoms with E-state index >= 15 is 0 Å². The maximum atomic E-state index is 11.7. The standard InChI is InChI=1S/C16H26N2O3/c1-16(2,3)9-13(19)10-17-11-15(20)18-12-5-7-14(21-4)8-6-12/h5-8,13,17,19H,9-11H2,1-4H3,(H,18,20). The molecule has 5 nitrogen and oxygen atoms in total. The molecule has 118 valence electrons. The van der Waals surface area contributed by atoms with E-state index in [9.17, 15) is 9.90 Å². The number of aliphatic hydroxyl groups is 1. The van der Waals surface area contributed by atoms with Gasteiger partial charge in [-0.15, -0.1) is 0 Å². The van der Waals surface area contributed by atoms with Gasteiger partial charge in [0.1, 0.15) is 5.75 Å². The summed E-state index contributed by atoms with van der Waals surface area (Å²) in [6.45, 7) is 6.81. The first-order valence-electron chi connectivity index (χ1n) is 7.13. The van der Waals surface area contributed by atoms with Crippen molar-refractivity contribution in [2.45, 2.75) is 33.3 Å². The molecule has 21 heavy (non-hydrogen) atoms. The molecule has 1 atom stereocenters. The third-order valence-corrected chi connectivity index (χ3v) is 2.89. The van der Waals surface area contributed by atoms with E-state index in [0.717, 1.165) is 11.4 Å². The molecule has 3 N–H and O–H groups in total. The molecule has 1 aromatic carbocycles. The highest BCUT2D eigenvalue weighted by molar-refractivity contribution is 5.92. The van der Waals surface area contributed by atoms with Gasteiger partial charge in [-0.1, -0.05) is 20.8 Å². The quantitative estimate of drug-likeness (QED) is 0.719. The molecule has 0 saturated carbocycles. The number of hydrogen-bond donors (Lipinski definition) is 3. The van der Waals surface area contributed by atoms with E-state index < -0.39 is 6.10 Å². The van der Waals surface area contributed by atoms with Crippen molar-refractivity contribution in [2.24, 2.45) is 5.41 Å². The number of aliphatic hydroxyl groups excluding tert-OH is 1. The molecule has 1 unspecified atom stereocenters. The zero-order valence-electron chi connectivity index (χ0n) is 13.3. The topological polar surface area (TPSA) is 70.6 Å². The van der Waals surface area contributed by atoms with Crippen LogP contribution >= 0.6 is 0 Å². The normalized spacial score (nSPS) is 12.8. The van der Waals surface area contributed by atoms with Crippen molar-refractivity contribution in [1.29, 1.82) is 0 Å². The van der Waals surface area contributed by atoms with E-state index in [1.165, 1.54) is 0 Å². The SMILES string of the molecule is COc1ccc(NC(=O)CNCC(O)CC(C)(C)C)cc1. The predicted molar refractivity (Wildman–Crippen MR) is 84.6 cm³/mol. The Balaban J connectivity index is 2.27. The minimum atomic E-state index is -0.446. The number of rotatable bonds is 7. The molecule has 5 heteroatoms. The molecule has 0 radical (unpaired) electrons. The van der Waals surface area contributed by atoms with Crippen LogP contribution in [-0.4, -0.2) is 37.3 Å². The lowest BCUT2D eigenvalue weighted by Gasteiger charge is -2.22. The number of hydrogen-bond acceptors (Lipinski definition) is 4. The van der Waals surface area contributed by atoms with E-state index in [2.05, 4.69) is 31.4 Å². The Hall–Kier alpha value is -1.59. The fourth-order valence-corrected chi connectivity index (χ4v) is 2.01. The predicted octanol–water partition coefficient (Wildman–Crippen LogP) is 2.02. The number of anilines is 1. The second-order valence-corrected chi connectivity index (χ2v) is 6.33. The van der Waals surface area contributed by atoms with Crippen molar-refractivity contribution in [3.63, 3.8) is 0 Å². The average Bonchev–Trinajstić information content (AvgIpc) is 2.37. The summed E-state index contributed by atoms with van der Waals surface area (Å²) < 4.78 is 5.05. The minimum Gasteiger partial charge on any atom is -0.497 e. The third kappa shape index (κ3) is 7.68. The Morgan fingerprint density at radius 1 is 1.29 bits per heavy atom. The second-order valence-electron chi connectivity index (χ2n) is 6.33. The summed E-state index contributed by atoms with van der Waals surface area (Å²) in [6, 6.07) is 7.14. The van der Waals surface area contributed by atoms with Crippen LogP contribution in [0.4, 0.5) is 5.69 Å². The molecule has 0 spiro atoms. The number of carbonyl (C=O) groups excluding carboxylic acids is 1. The smallest absolute Gasteiger partial charge is 0.238 e. The Labute approximate surface area is 126 Å². The van der Waals surface area contributed by atoms with Gasteiger partial charge in [-0.3, -0.25) is 4.79 Å². The van der Waals surface area contributed by atoms with Gasteiger partial charge in [0.15, 0.2) is 0 Å². The van der Waals surface area contributed by atoms with Gasteiger partial charge < -0.3 is 20.5 Å². The third-order valence-electron chi connectivity index (χ3n) is 2.89. The van der Waals surface area contributed by atoms with Gasteiger partial charge in [0.05, 0.1) is 19.8 Å². The average molecular weight is 294 g/mol. The van der Waals surface area contributed by atoms with Crippen molar-refractivity contribution in [1.82, 2.24) is 5.32 Å². The molecule has 1 rings (SSSR count). The van der Waals surface area contributed by atoms with Crippen molar-refractivity contribution in [3.8, 4) is 5.75 Å². The molecule has 1 amide bonds. The monoisotopic (exact) mass is 294 g/mol. The second kappa shape index (κ2) is 8.00. The summed E-state index contributed by atoms with van der Waals surface area (Å²) in [4.78, 5) is 11.7. The lowest BCUT2D eigenvalue weighted by atomic mass is 9.89. The van der Waals surface area contributed by atoms with Gasteiger partial charge >= 0.3 is 0 Å². The number of ether oxygens (including phenoxy) is 1. The van der Waals surface area contributed by atoms with E-state index in [4.69, 9.17) is 4.74 Å². The number of benzene rings is 1. The molecular weight excluding hydrogens is 268 g/mol. The molecule has 1 aromatic rings. The van der Waals surface area contributed by atoms with Crippen LogP contribution < -0.4 is 15.4 Å². The highest BCUT2D eigenvalue weighted by Gasteiger charge is 2.16. The number of carbonyl (C=O) groups is 1. The van der Waals surface area contributed by atoms with E-state index in [-0.39, 0.29) is 17.9 Å². The molecule has 0 heterocycles. The lowest BCUT2D eigenvalue weighted by molar-refractivity contribution is -0.115. The van der Waals surface area contributed by atoms with Crippen LogP contribution in [0.1, 0.15) is 27.2 Å². The fraction of sp³-hybridized carbons (Fsp3) is 0.562. The van der Waals surface area contributed by atoms with Gasteiger partial charge in [-0.25, -0.2) is 0 Å². The number of methoxy groups -OCH3 is 1. The first kappa shape index (κ1) is 17.5. The van der Waals surface area contributed by atoms with Gasteiger partial charge in [0.2, 0.25) is 5.91 Å². The van der Waals surface area contributed by atoms with Gasteiger partial charge in [0.25, 0.3) is 0 Å². The summed E-state index contributed by atoms with van der Waals surface area (Å²) in [5.74, 6) is 0.611. The largest absolute Gasteiger partial charge is 0.497 e. The highest BCUT2D eigenvalue weighted by Crippen LogP contribution is 2.20. The molecule has 0 saturated heterocycles. The summed E-state index contributed by atoms with van der Waals surface area (Å²) in [7, 11) is 1.60. The molecule has 0 aliphatic heterocycles. The van der Waals surface area contributed by atoms with Gasteiger partial charge in [0, 0.05) is 12.2 Å². The minimum absolute atomic E-state index is 0.0758. The lowest BCUT2D eigenvalue weighted by Crippen LogP contribution is -2.35. The van der Waals surface area contributed by atoms with E-state index in [1.54, 1.807) is 31.4 Å². The van der Waals surface area contributed by atoms with Crippen LogP contribution in [0.15, 0.2) is 24.3 Å². The summed E-state index contributed by atoms with van der Waals surface area (Å²) >= 11 is 0. The van der Waals surface area contributed by atoms with Crippen molar-refractivity contribution in [2.75, 3.05) is 25.5 Å².